The number of fused-ring (bicyclic) bond motifs is 2. The van der Waals surface area contributed by atoms with Crippen molar-refractivity contribution >= 4 is 28.8 Å². The third kappa shape index (κ3) is 2.45. The molecule has 2 aliphatic rings. The van der Waals surface area contributed by atoms with Gasteiger partial charge in [0.1, 0.15) is 0 Å². The van der Waals surface area contributed by atoms with E-state index < -0.39 is 0 Å². The lowest BCUT2D eigenvalue weighted by Crippen LogP contribution is -2.38. The third-order valence-electron chi connectivity index (χ3n) is 4.79. The van der Waals surface area contributed by atoms with Crippen molar-refractivity contribution in [2.75, 3.05) is 11.9 Å². The number of hydrogen-bond acceptors (Lipinski definition) is 3. The highest BCUT2D eigenvalue weighted by Crippen LogP contribution is 2.34. The van der Waals surface area contributed by atoms with E-state index in [0.29, 0.717) is 18.4 Å². The maximum atomic E-state index is 12.9. The number of thiophene rings is 1. The quantitative estimate of drug-likeness (QED) is 0.873. The van der Waals surface area contributed by atoms with Gasteiger partial charge in [-0.15, -0.1) is 11.3 Å². The molecule has 4 rings (SSSR count). The molecular weight excluding hydrogens is 308 g/mol. The zero-order valence-corrected chi connectivity index (χ0v) is 13.8. The Morgan fingerprint density at radius 2 is 2.13 bits per heavy atom. The number of rotatable bonds is 1. The topological polar surface area (TPSA) is 49.4 Å². The summed E-state index contributed by atoms with van der Waals surface area (Å²) in [7, 11) is 0. The van der Waals surface area contributed by atoms with E-state index in [2.05, 4.69) is 23.7 Å². The number of aryl methyl sites for hydroxylation is 1. The molecule has 0 unspecified atom stereocenters. The van der Waals surface area contributed by atoms with E-state index in [1.807, 2.05) is 23.1 Å². The number of hydrogen-bond donors (Lipinski definition) is 1. The van der Waals surface area contributed by atoms with Gasteiger partial charge in [0.15, 0.2) is 0 Å². The van der Waals surface area contributed by atoms with Crippen LogP contribution in [0.1, 0.15) is 45.7 Å². The van der Waals surface area contributed by atoms with Gasteiger partial charge < -0.3 is 10.2 Å². The number of anilines is 1. The van der Waals surface area contributed by atoms with Crippen LogP contribution in [0.15, 0.2) is 29.6 Å². The van der Waals surface area contributed by atoms with E-state index in [4.69, 9.17) is 0 Å². The summed E-state index contributed by atoms with van der Waals surface area (Å²) in [4.78, 5) is 27.7. The van der Waals surface area contributed by atoms with Gasteiger partial charge in [-0.2, -0.15) is 0 Å². The summed E-state index contributed by atoms with van der Waals surface area (Å²) in [5.74, 6) is 0.125. The van der Waals surface area contributed by atoms with Crippen LogP contribution in [0, 0.1) is 0 Å². The molecule has 0 saturated heterocycles. The highest BCUT2D eigenvalue weighted by atomic mass is 32.1. The predicted octanol–water partition coefficient (Wildman–Crippen LogP) is 3.39. The molecule has 1 aromatic carbocycles. The van der Waals surface area contributed by atoms with Crippen LogP contribution in [-0.4, -0.2) is 23.3 Å². The molecule has 0 fully saturated rings. The number of carbonyl (C=O) groups excluding carboxylic acids is 2. The van der Waals surface area contributed by atoms with Crippen molar-refractivity contribution in [3.8, 4) is 0 Å². The van der Waals surface area contributed by atoms with Crippen molar-refractivity contribution in [1.82, 2.24) is 4.90 Å². The minimum absolute atomic E-state index is 0.0474. The molecule has 1 aromatic heterocycles. The van der Waals surface area contributed by atoms with Gasteiger partial charge in [-0.25, -0.2) is 0 Å². The molecular formula is C18H18N2O2S. The fourth-order valence-corrected chi connectivity index (χ4v) is 4.43. The van der Waals surface area contributed by atoms with Crippen LogP contribution in [0.3, 0.4) is 0 Å². The van der Waals surface area contributed by atoms with Crippen LogP contribution in [0.5, 0.6) is 0 Å². The van der Waals surface area contributed by atoms with E-state index in [9.17, 15) is 9.59 Å². The fourth-order valence-electron chi connectivity index (χ4n) is 3.47. The number of nitrogens with zero attached hydrogens (tertiary/aromatic N) is 1. The minimum Gasteiger partial charge on any atom is -0.331 e. The molecule has 1 atom stereocenters. The van der Waals surface area contributed by atoms with Crippen LogP contribution >= 0.6 is 11.3 Å². The average molecular weight is 326 g/mol. The number of benzene rings is 1. The van der Waals surface area contributed by atoms with E-state index in [0.717, 1.165) is 24.2 Å². The molecule has 0 radical (unpaired) electrons. The van der Waals surface area contributed by atoms with Crippen LogP contribution in [0.4, 0.5) is 5.69 Å². The third-order valence-corrected chi connectivity index (χ3v) is 5.78. The lowest BCUT2D eigenvalue weighted by Gasteiger charge is -2.34. The highest BCUT2D eigenvalue weighted by Gasteiger charge is 2.29. The van der Waals surface area contributed by atoms with E-state index in [1.165, 1.54) is 10.4 Å². The number of nitrogens with one attached hydrogen (secondary N) is 1. The second-order valence-electron chi connectivity index (χ2n) is 6.14. The van der Waals surface area contributed by atoms with Gasteiger partial charge in [0, 0.05) is 29.1 Å². The SMILES string of the molecule is C[C@@H]1c2ccsc2CCN1C(=O)c1ccc2c(c1)CCC(=O)N2. The summed E-state index contributed by atoms with van der Waals surface area (Å²) in [5.41, 5.74) is 3.88. The van der Waals surface area contributed by atoms with Crippen LogP contribution < -0.4 is 5.32 Å². The lowest BCUT2D eigenvalue weighted by molar-refractivity contribution is -0.116. The van der Waals surface area contributed by atoms with Crippen molar-refractivity contribution in [2.24, 2.45) is 0 Å². The van der Waals surface area contributed by atoms with Gasteiger partial charge in [-0.05, 0) is 60.5 Å². The maximum Gasteiger partial charge on any atom is 0.254 e. The Morgan fingerprint density at radius 1 is 1.26 bits per heavy atom. The standard InChI is InChI=1S/C18H18N2O2S/c1-11-14-7-9-23-16(14)6-8-20(11)18(22)13-2-4-15-12(10-13)3-5-17(21)19-15/h2,4,7,9-11H,3,5-6,8H2,1H3,(H,19,21)/t11-/m1/s1. The Balaban J connectivity index is 1.61. The monoisotopic (exact) mass is 326 g/mol. The Hall–Kier alpha value is -2.14. The predicted molar refractivity (Wildman–Crippen MR) is 90.9 cm³/mol. The molecule has 0 bridgehead atoms. The second kappa shape index (κ2) is 5.49. The normalized spacial score (nSPS) is 19.8. The second-order valence-corrected chi connectivity index (χ2v) is 7.14. The van der Waals surface area contributed by atoms with Gasteiger partial charge in [0.2, 0.25) is 5.91 Å². The first-order valence-electron chi connectivity index (χ1n) is 7.93. The van der Waals surface area contributed by atoms with E-state index >= 15 is 0 Å². The Kier molecular flexibility index (Phi) is 3.45. The van der Waals surface area contributed by atoms with Gasteiger partial charge in [-0.3, -0.25) is 9.59 Å². The number of amides is 2. The molecule has 1 N–H and O–H groups in total. The molecule has 2 aromatic rings. The zero-order chi connectivity index (χ0) is 16.0. The van der Waals surface area contributed by atoms with E-state index in [1.54, 1.807) is 11.3 Å². The summed E-state index contributed by atoms with van der Waals surface area (Å²) < 4.78 is 0. The Morgan fingerprint density at radius 3 is 3.00 bits per heavy atom. The number of carbonyl (C=O) groups is 2. The first-order valence-corrected chi connectivity index (χ1v) is 8.81. The summed E-state index contributed by atoms with van der Waals surface area (Å²) >= 11 is 1.78. The van der Waals surface area contributed by atoms with E-state index in [-0.39, 0.29) is 17.9 Å². The van der Waals surface area contributed by atoms with Crippen molar-refractivity contribution < 1.29 is 9.59 Å². The van der Waals surface area contributed by atoms with Crippen molar-refractivity contribution in [1.29, 1.82) is 0 Å². The van der Waals surface area contributed by atoms with Gasteiger partial charge >= 0.3 is 0 Å². The average Bonchev–Trinajstić information content (AvgIpc) is 3.03. The molecule has 118 valence electrons. The molecule has 2 amide bonds. The minimum atomic E-state index is 0.0474. The highest BCUT2D eigenvalue weighted by molar-refractivity contribution is 7.10. The largest absolute Gasteiger partial charge is 0.331 e. The molecule has 3 heterocycles. The summed E-state index contributed by atoms with van der Waals surface area (Å²) in [6.45, 7) is 2.86. The van der Waals surface area contributed by atoms with Crippen molar-refractivity contribution in [3.63, 3.8) is 0 Å². The Labute approximate surface area is 139 Å². The summed E-state index contributed by atoms with van der Waals surface area (Å²) in [6.07, 6.45) is 2.12. The molecule has 5 heteroatoms. The van der Waals surface area contributed by atoms with Gasteiger partial charge in [0.05, 0.1) is 6.04 Å². The van der Waals surface area contributed by atoms with Crippen LogP contribution in [0.2, 0.25) is 0 Å². The summed E-state index contributed by atoms with van der Waals surface area (Å²) in [5, 5.41) is 4.97. The van der Waals surface area contributed by atoms with Gasteiger partial charge in [-0.1, -0.05) is 0 Å². The molecule has 0 aliphatic carbocycles. The smallest absolute Gasteiger partial charge is 0.254 e. The Bertz CT molecular complexity index is 796. The molecule has 0 spiro atoms. The van der Waals surface area contributed by atoms with Crippen LogP contribution in [-0.2, 0) is 17.6 Å². The van der Waals surface area contributed by atoms with Gasteiger partial charge in [0.25, 0.3) is 5.91 Å². The maximum absolute atomic E-state index is 12.9. The summed E-state index contributed by atoms with van der Waals surface area (Å²) in [6, 6.07) is 7.86. The first kappa shape index (κ1) is 14.5. The molecule has 4 nitrogen and oxygen atoms in total. The van der Waals surface area contributed by atoms with Crippen molar-refractivity contribution in [2.45, 2.75) is 32.2 Å². The molecule has 2 aliphatic heterocycles. The lowest BCUT2D eigenvalue weighted by atomic mass is 9.97. The molecule has 0 saturated carbocycles. The molecule has 23 heavy (non-hydrogen) atoms. The van der Waals surface area contributed by atoms with Crippen molar-refractivity contribution in [3.05, 3.63) is 51.2 Å². The zero-order valence-electron chi connectivity index (χ0n) is 13.0. The van der Waals surface area contributed by atoms with Crippen LogP contribution in [0.25, 0.3) is 0 Å². The fraction of sp³-hybridized carbons (Fsp3) is 0.333. The first-order chi connectivity index (χ1) is 11.1.